The smallest absolute Gasteiger partial charge is 0.0173 e. The molecule has 0 aliphatic carbocycles. The van der Waals surface area contributed by atoms with E-state index in [9.17, 15) is 0 Å². The number of rotatable bonds is 4. The number of hydrogen-bond donors (Lipinski definition) is 1. The quantitative estimate of drug-likeness (QED) is 0.899. The van der Waals surface area contributed by atoms with Crippen LogP contribution in [0.4, 0.5) is 0 Å². The number of hydrogen-bond acceptors (Lipinski definition) is 2. The molecular formula is C17H28N2. The first-order chi connectivity index (χ1) is 9.13. The highest BCUT2D eigenvalue weighted by molar-refractivity contribution is 5.28. The van der Waals surface area contributed by atoms with E-state index in [4.69, 9.17) is 5.73 Å². The maximum atomic E-state index is 6.07. The molecule has 0 bridgehead atoms. The lowest BCUT2D eigenvalue weighted by Gasteiger charge is -2.38. The summed E-state index contributed by atoms with van der Waals surface area (Å²) in [5, 5.41) is 0. The Labute approximate surface area is 118 Å². The molecule has 1 fully saturated rings. The Balaban J connectivity index is 2.16. The van der Waals surface area contributed by atoms with Gasteiger partial charge in [0.05, 0.1) is 0 Å². The zero-order chi connectivity index (χ0) is 13.8. The maximum Gasteiger partial charge on any atom is 0.0173 e. The van der Waals surface area contributed by atoms with E-state index in [0.717, 1.165) is 6.54 Å². The zero-order valence-corrected chi connectivity index (χ0v) is 12.6. The number of nitrogens with zero attached hydrogens (tertiary/aromatic N) is 1. The van der Waals surface area contributed by atoms with Gasteiger partial charge >= 0.3 is 0 Å². The molecule has 1 saturated heterocycles. The van der Waals surface area contributed by atoms with Crippen LogP contribution in [0.3, 0.4) is 0 Å². The minimum atomic E-state index is 0.478. The van der Waals surface area contributed by atoms with E-state index < -0.39 is 0 Å². The van der Waals surface area contributed by atoms with Crippen molar-refractivity contribution in [3.63, 3.8) is 0 Å². The number of piperidine rings is 1. The molecule has 1 aromatic rings. The van der Waals surface area contributed by atoms with Crippen molar-refractivity contribution >= 4 is 0 Å². The summed E-state index contributed by atoms with van der Waals surface area (Å²) in [6.45, 7) is 6.44. The van der Waals surface area contributed by atoms with Gasteiger partial charge in [-0.2, -0.15) is 0 Å². The predicted octanol–water partition coefficient (Wildman–Crippen LogP) is 3.34. The minimum Gasteiger partial charge on any atom is -0.330 e. The van der Waals surface area contributed by atoms with Crippen LogP contribution in [0.25, 0.3) is 0 Å². The van der Waals surface area contributed by atoms with E-state index in [0.29, 0.717) is 17.9 Å². The molecule has 0 aromatic heterocycles. The Morgan fingerprint density at radius 3 is 2.32 bits per heavy atom. The summed E-state index contributed by atoms with van der Waals surface area (Å²) < 4.78 is 0. The van der Waals surface area contributed by atoms with Crippen molar-refractivity contribution in [2.45, 2.75) is 51.0 Å². The molecule has 0 saturated carbocycles. The van der Waals surface area contributed by atoms with Crippen LogP contribution in [-0.2, 0) is 0 Å². The lowest BCUT2D eigenvalue weighted by atomic mass is 9.85. The van der Waals surface area contributed by atoms with Crippen molar-refractivity contribution in [1.29, 1.82) is 0 Å². The van der Waals surface area contributed by atoms with Crippen molar-refractivity contribution in [2.75, 3.05) is 20.1 Å². The fourth-order valence-electron chi connectivity index (χ4n) is 3.25. The monoisotopic (exact) mass is 260 g/mol. The fourth-order valence-corrected chi connectivity index (χ4v) is 3.25. The second kappa shape index (κ2) is 6.53. The highest BCUT2D eigenvalue weighted by Crippen LogP contribution is 2.29. The van der Waals surface area contributed by atoms with E-state index in [1.165, 1.54) is 36.9 Å². The van der Waals surface area contributed by atoms with Crippen molar-refractivity contribution < 1.29 is 0 Å². The molecule has 1 aromatic carbocycles. The highest BCUT2D eigenvalue weighted by atomic mass is 15.1. The van der Waals surface area contributed by atoms with E-state index in [1.54, 1.807) is 0 Å². The van der Waals surface area contributed by atoms with Gasteiger partial charge in [0.15, 0.2) is 0 Å². The Kier molecular flexibility index (Phi) is 5.00. The summed E-state index contributed by atoms with van der Waals surface area (Å²) in [4.78, 5) is 2.50. The molecular weight excluding hydrogens is 232 g/mol. The number of nitrogens with two attached hydrogens (primary N) is 1. The fraction of sp³-hybridized carbons (Fsp3) is 0.647. The van der Waals surface area contributed by atoms with Crippen molar-refractivity contribution in [2.24, 2.45) is 5.73 Å². The van der Waals surface area contributed by atoms with Gasteiger partial charge in [0.2, 0.25) is 0 Å². The number of likely N-dealkylation sites (tertiary alicyclic amines) is 1. The summed E-state index contributed by atoms with van der Waals surface area (Å²) in [6.07, 6.45) is 3.95. The standard InChI is InChI=1S/C17H28N2/c1-13(2)14-7-9-15(10-8-14)16(12-18)17-6-4-5-11-19(17)3/h7-10,13,16-17H,4-6,11-12,18H2,1-3H3. The molecule has 1 aliphatic heterocycles. The molecule has 19 heavy (non-hydrogen) atoms. The van der Waals surface area contributed by atoms with E-state index in [1.807, 2.05) is 0 Å². The van der Waals surface area contributed by atoms with E-state index in [2.05, 4.69) is 50.1 Å². The Hall–Kier alpha value is -0.860. The third kappa shape index (κ3) is 3.37. The summed E-state index contributed by atoms with van der Waals surface area (Å²) >= 11 is 0. The summed E-state index contributed by atoms with van der Waals surface area (Å²) in [5.74, 6) is 1.08. The highest BCUT2D eigenvalue weighted by Gasteiger charge is 2.27. The van der Waals surface area contributed by atoms with Gasteiger partial charge in [-0.25, -0.2) is 0 Å². The van der Waals surface area contributed by atoms with Gasteiger partial charge < -0.3 is 10.6 Å². The van der Waals surface area contributed by atoms with Gasteiger partial charge in [-0.3, -0.25) is 0 Å². The Morgan fingerprint density at radius 1 is 1.16 bits per heavy atom. The molecule has 106 valence electrons. The summed E-state index contributed by atoms with van der Waals surface area (Å²) in [7, 11) is 2.25. The molecule has 1 heterocycles. The first-order valence-corrected chi connectivity index (χ1v) is 7.63. The lowest BCUT2D eigenvalue weighted by molar-refractivity contribution is 0.160. The molecule has 0 amide bonds. The van der Waals surface area contributed by atoms with Crippen LogP contribution in [0.2, 0.25) is 0 Å². The second-order valence-corrected chi connectivity index (χ2v) is 6.21. The normalized spacial score (nSPS) is 22.7. The van der Waals surface area contributed by atoms with Gasteiger partial charge in [-0.05, 0) is 43.5 Å². The van der Waals surface area contributed by atoms with Crippen LogP contribution in [0.5, 0.6) is 0 Å². The third-order valence-corrected chi connectivity index (χ3v) is 4.58. The second-order valence-electron chi connectivity index (χ2n) is 6.21. The van der Waals surface area contributed by atoms with Crippen LogP contribution in [0.1, 0.15) is 56.1 Å². The number of benzene rings is 1. The van der Waals surface area contributed by atoms with E-state index in [-0.39, 0.29) is 0 Å². The molecule has 2 N–H and O–H groups in total. The molecule has 2 heteroatoms. The van der Waals surface area contributed by atoms with Crippen molar-refractivity contribution in [3.8, 4) is 0 Å². The molecule has 0 radical (unpaired) electrons. The van der Waals surface area contributed by atoms with Crippen molar-refractivity contribution in [3.05, 3.63) is 35.4 Å². The average molecular weight is 260 g/mol. The molecule has 1 aliphatic rings. The molecule has 0 spiro atoms. The summed E-state index contributed by atoms with van der Waals surface area (Å²) in [5.41, 5.74) is 8.89. The van der Waals surface area contributed by atoms with Crippen LogP contribution in [-0.4, -0.2) is 31.1 Å². The van der Waals surface area contributed by atoms with Gasteiger partial charge in [-0.15, -0.1) is 0 Å². The van der Waals surface area contributed by atoms with Crippen LogP contribution < -0.4 is 5.73 Å². The van der Waals surface area contributed by atoms with Crippen LogP contribution in [0.15, 0.2) is 24.3 Å². The maximum absolute atomic E-state index is 6.07. The topological polar surface area (TPSA) is 29.3 Å². The number of likely N-dealkylation sites (N-methyl/N-ethyl adjacent to an activating group) is 1. The predicted molar refractivity (Wildman–Crippen MR) is 82.6 cm³/mol. The lowest BCUT2D eigenvalue weighted by Crippen LogP contribution is -2.42. The molecule has 2 rings (SSSR count). The third-order valence-electron chi connectivity index (χ3n) is 4.58. The molecule has 2 nitrogen and oxygen atoms in total. The van der Waals surface area contributed by atoms with Gasteiger partial charge in [0.1, 0.15) is 0 Å². The molecule has 2 atom stereocenters. The summed E-state index contributed by atoms with van der Waals surface area (Å²) in [6, 6.07) is 9.73. The SMILES string of the molecule is CC(C)c1ccc(C(CN)C2CCCCN2C)cc1. The Morgan fingerprint density at radius 2 is 1.79 bits per heavy atom. The average Bonchev–Trinajstić information content (AvgIpc) is 2.42. The van der Waals surface area contributed by atoms with Crippen LogP contribution in [0, 0.1) is 0 Å². The van der Waals surface area contributed by atoms with Gasteiger partial charge in [-0.1, -0.05) is 44.5 Å². The minimum absolute atomic E-state index is 0.478. The van der Waals surface area contributed by atoms with Crippen molar-refractivity contribution in [1.82, 2.24) is 4.90 Å². The van der Waals surface area contributed by atoms with E-state index >= 15 is 0 Å². The first kappa shape index (κ1) is 14.5. The largest absolute Gasteiger partial charge is 0.330 e. The zero-order valence-electron chi connectivity index (χ0n) is 12.6. The van der Waals surface area contributed by atoms with Crippen LogP contribution >= 0.6 is 0 Å². The Bertz CT molecular complexity index is 383. The van der Waals surface area contributed by atoms with Gasteiger partial charge in [0, 0.05) is 18.5 Å². The van der Waals surface area contributed by atoms with Gasteiger partial charge in [0.25, 0.3) is 0 Å². The first-order valence-electron chi connectivity index (χ1n) is 7.63. The molecule has 2 unspecified atom stereocenters.